The zero-order valence-electron chi connectivity index (χ0n) is 14.5. The van der Waals surface area contributed by atoms with E-state index in [1.54, 1.807) is 13.0 Å². The highest BCUT2D eigenvalue weighted by Crippen LogP contribution is 2.29. The van der Waals surface area contributed by atoms with Gasteiger partial charge in [0, 0.05) is 4.88 Å². The smallest absolute Gasteiger partial charge is 0.341 e. The van der Waals surface area contributed by atoms with Gasteiger partial charge in [-0.2, -0.15) is 0 Å². The Labute approximate surface area is 151 Å². The first-order valence-electron chi connectivity index (χ1n) is 8.45. The molecule has 0 fully saturated rings. The average Bonchev–Trinajstić information content (AvgIpc) is 3.23. The van der Waals surface area contributed by atoms with Gasteiger partial charge in [-0.15, -0.1) is 11.3 Å². The molecule has 25 heavy (non-hydrogen) atoms. The van der Waals surface area contributed by atoms with Gasteiger partial charge < -0.3 is 14.8 Å². The van der Waals surface area contributed by atoms with E-state index in [0.717, 1.165) is 24.1 Å². The first-order valence-corrected chi connectivity index (χ1v) is 9.27. The maximum atomic E-state index is 12.0. The number of amides is 1. The summed E-state index contributed by atoms with van der Waals surface area (Å²) in [7, 11) is 0. The summed E-state index contributed by atoms with van der Waals surface area (Å²) < 4.78 is 10.0. The van der Waals surface area contributed by atoms with E-state index in [0.29, 0.717) is 10.6 Å². The highest BCUT2D eigenvalue weighted by Gasteiger charge is 2.20. The predicted octanol–water partition coefficient (Wildman–Crippen LogP) is 3.33. The molecule has 0 bridgehead atoms. The molecule has 0 saturated carbocycles. The van der Waals surface area contributed by atoms with Crippen LogP contribution >= 0.6 is 11.3 Å². The van der Waals surface area contributed by atoms with Crippen LogP contribution in [0.3, 0.4) is 0 Å². The summed E-state index contributed by atoms with van der Waals surface area (Å²) in [6, 6.07) is 1.72. The number of anilines is 1. The van der Waals surface area contributed by atoms with Gasteiger partial charge >= 0.3 is 11.9 Å². The minimum absolute atomic E-state index is 0.204. The molecule has 0 saturated heterocycles. The molecule has 0 aliphatic heterocycles. The van der Waals surface area contributed by atoms with E-state index in [9.17, 15) is 14.4 Å². The van der Waals surface area contributed by atoms with Crippen LogP contribution in [0.25, 0.3) is 0 Å². The molecule has 1 atom stereocenters. The molecule has 2 rings (SSSR count). The summed E-state index contributed by atoms with van der Waals surface area (Å²) in [5.74, 6) is -1.13. The van der Waals surface area contributed by atoms with Crippen LogP contribution in [0.5, 0.6) is 0 Å². The Morgan fingerprint density at radius 2 is 2.08 bits per heavy atom. The van der Waals surface area contributed by atoms with Crippen molar-refractivity contribution in [1.82, 2.24) is 0 Å². The molecule has 6 nitrogen and oxygen atoms in total. The van der Waals surface area contributed by atoms with Crippen molar-refractivity contribution in [1.29, 1.82) is 0 Å². The zero-order valence-corrected chi connectivity index (χ0v) is 15.3. The van der Waals surface area contributed by atoms with Crippen molar-refractivity contribution in [2.75, 3.05) is 18.5 Å². The molecule has 1 N–H and O–H groups in total. The monoisotopic (exact) mass is 365 g/mol. The first kappa shape index (κ1) is 19.2. The van der Waals surface area contributed by atoms with Crippen LogP contribution in [0.4, 0.5) is 5.00 Å². The quantitative estimate of drug-likeness (QED) is 0.564. The van der Waals surface area contributed by atoms with E-state index >= 15 is 0 Å². The largest absolute Gasteiger partial charge is 0.462 e. The van der Waals surface area contributed by atoms with Crippen LogP contribution in [0.15, 0.2) is 18.2 Å². The molecule has 0 aromatic carbocycles. The Bertz CT molecular complexity index is 664. The third kappa shape index (κ3) is 5.70. The summed E-state index contributed by atoms with van der Waals surface area (Å²) in [6.45, 7) is 3.58. The van der Waals surface area contributed by atoms with E-state index < -0.39 is 17.8 Å². The molecule has 1 amide bonds. The van der Waals surface area contributed by atoms with Gasteiger partial charge in [-0.1, -0.05) is 19.1 Å². The molecular formula is C18H23NO5S. The van der Waals surface area contributed by atoms with E-state index in [4.69, 9.17) is 9.47 Å². The Morgan fingerprint density at radius 1 is 1.28 bits per heavy atom. The second-order valence-corrected chi connectivity index (χ2v) is 6.84. The number of carbonyl (C=O) groups excluding carboxylic acids is 3. The van der Waals surface area contributed by atoms with Gasteiger partial charge in [-0.25, -0.2) is 4.79 Å². The SMILES string of the molecule is CCOC(=O)c1cc(CC)sc1NC(=O)COC(=O)C[C@@H]1C=CCC1. The van der Waals surface area contributed by atoms with Crippen LogP contribution in [-0.4, -0.2) is 31.1 Å². The first-order chi connectivity index (χ1) is 12.0. The van der Waals surface area contributed by atoms with Gasteiger partial charge in [0.2, 0.25) is 0 Å². The highest BCUT2D eigenvalue weighted by atomic mass is 32.1. The third-order valence-corrected chi connectivity index (χ3v) is 4.98. The number of esters is 2. The number of nitrogens with one attached hydrogen (secondary N) is 1. The lowest BCUT2D eigenvalue weighted by Gasteiger charge is -2.09. The van der Waals surface area contributed by atoms with Gasteiger partial charge in [0.15, 0.2) is 6.61 Å². The van der Waals surface area contributed by atoms with Crippen molar-refractivity contribution in [3.63, 3.8) is 0 Å². The van der Waals surface area contributed by atoms with Gasteiger partial charge in [0.05, 0.1) is 18.6 Å². The second-order valence-electron chi connectivity index (χ2n) is 5.71. The second kappa shape index (κ2) is 9.36. The van der Waals surface area contributed by atoms with Crippen LogP contribution in [-0.2, 0) is 25.5 Å². The summed E-state index contributed by atoms with van der Waals surface area (Å²) in [6.07, 6.45) is 7.01. The van der Waals surface area contributed by atoms with E-state index in [1.165, 1.54) is 11.3 Å². The molecule has 0 unspecified atom stereocenters. The molecule has 136 valence electrons. The number of hydrogen-bond donors (Lipinski definition) is 1. The molecule has 1 aromatic rings. The van der Waals surface area contributed by atoms with Crippen molar-refractivity contribution >= 4 is 34.2 Å². The van der Waals surface area contributed by atoms with E-state index in [-0.39, 0.29) is 25.6 Å². The fourth-order valence-corrected chi connectivity index (χ4v) is 3.52. The lowest BCUT2D eigenvalue weighted by molar-refractivity contribution is -0.147. The number of aryl methyl sites for hydroxylation is 1. The summed E-state index contributed by atoms with van der Waals surface area (Å²) in [5, 5.41) is 3.07. The maximum absolute atomic E-state index is 12.0. The number of ether oxygens (including phenoxy) is 2. The Morgan fingerprint density at radius 3 is 2.72 bits per heavy atom. The lowest BCUT2D eigenvalue weighted by Crippen LogP contribution is -2.22. The molecular weight excluding hydrogens is 342 g/mol. The van der Waals surface area contributed by atoms with Crippen molar-refractivity contribution in [3.05, 3.63) is 28.7 Å². The molecule has 1 heterocycles. The van der Waals surface area contributed by atoms with E-state index in [1.807, 2.05) is 19.1 Å². The minimum atomic E-state index is -0.473. The molecule has 0 spiro atoms. The summed E-state index contributed by atoms with van der Waals surface area (Å²) >= 11 is 1.32. The molecule has 1 aliphatic rings. The summed E-state index contributed by atoms with van der Waals surface area (Å²) in [5.41, 5.74) is 0.333. The van der Waals surface area contributed by atoms with E-state index in [2.05, 4.69) is 5.32 Å². The van der Waals surface area contributed by atoms with Crippen LogP contribution in [0.2, 0.25) is 0 Å². The standard InChI is InChI=1S/C18H23NO5S/c1-3-13-10-14(18(22)23-4-2)17(25-13)19-15(20)11-24-16(21)9-12-7-5-6-8-12/h5,7,10,12H,3-4,6,8-9,11H2,1-2H3,(H,19,20)/t12-/m1/s1. The number of rotatable bonds is 8. The van der Waals surface area contributed by atoms with Crippen molar-refractivity contribution in [2.45, 2.75) is 39.5 Å². The van der Waals surface area contributed by atoms with Gasteiger partial charge in [-0.3, -0.25) is 9.59 Å². The van der Waals surface area contributed by atoms with Gasteiger partial charge in [0.25, 0.3) is 5.91 Å². The fourth-order valence-electron chi connectivity index (χ4n) is 2.52. The predicted molar refractivity (Wildman–Crippen MR) is 95.7 cm³/mol. The maximum Gasteiger partial charge on any atom is 0.341 e. The minimum Gasteiger partial charge on any atom is -0.462 e. The highest BCUT2D eigenvalue weighted by molar-refractivity contribution is 7.16. The van der Waals surface area contributed by atoms with Gasteiger partial charge in [0.1, 0.15) is 5.00 Å². The van der Waals surface area contributed by atoms with Gasteiger partial charge in [-0.05, 0) is 38.2 Å². The van der Waals surface area contributed by atoms with Crippen LogP contribution in [0, 0.1) is 5.92 Å². The fraction of sp³-hybridized carbons (Fsp3) is 0.500. The Kier molecular flexibility index (Phi) is 7.18. The van der Waals surface area contributed by atoms with Crippen molar-refractivity contribution in [2.24, 2.45) is 5.92 Å². The van der Waals surface area contributed by atoms with Crippen LogP contribution in [0.1, 0.15) is 48.3 Å². The summed E-state index contributed by atoms with van der Waals surface area (Å²) in [4.78, 5) is 36.7. The normalized spacial score (nSPS) is 15.8. The number of hydrogen-bond acceptors (Lipinski definition) is 6. The molecule has 1 aliphatic carbocycles. The average molecular weight is 365 g/mol. The molecule has 1 aromatic heterocycles. The zero-order chi connectivity index (χ0) is 18.2. The molecule has 0 radical (unpaired) electrons. The van der Waals surface area contributed by atoms with Crippen LogP contribution < -0.4 is 5.32 Å². The molecule has 7 heteroatoms. The lowest BCUT2D eigenvalue weighted by atomic mass is 10.1. The Hall–Kier alpha value is -2.15. The Balaban J connectivity index is 1.88. The topological polar surface area (TPSA) is 81.7 Å². The number of allylic oxidation sites excluding steroid dienone is 2. The number of thiophene rings is 1. The number of carbonyl (C=O) groups is 3. The van der Waals surface area contributed by atoms with Crippen molar-refractivity contribution < 1.29 is 23.9 Å². The van der Waals surface area contributed by atoms with Crippen molar-refractivity contribution in [3.8, 4) is 0 Å². The third-order valence-electron chi connectivity index (χ3n) is 3.79.